The average Bonchev–Trinajstić information content (AvgIpc) is 3.01. The third-order valence-electron chi connectivity index (χ3n) is 3.29. The molecule has 2 aromatic rings. The Balaban J connectivity index is 2.06. The quantitative estimate of drug-likeness (QED) is 0.786. The van der Waals surface area contributed by atoms with Crippen molar-refractivity contribution in [1.29, 1.82) is 0 Å². The van der Waals surface area contributed by atoms with Crippen LogP contribution in [0.1, 0.15) is 18.1 Å². The third-order valence-corrected chi connectivity index (χ3v) is 3.29. The molecule has 0 aliphatic carbocycles. The zero-order valence-corrected chi connectivity index (χ0v) is 10.9. The summed E-state index contributed by atoms with van der Waals surface area (Å²) in [7, 11) is 0. The van der Waals surface area contributed by atoms with E-state index in [0.29, 0.717) is 6.67 Å². The van der Waals surface area contributed by atoms with E-state index in [1.54, 1.807) is 0 Å². The van der Waals surface area contributed by atoms with Gasteiger partial charge in [-0.2, -0.15) is 5.11 Å². The molecule has 0 radical (unpaired) electrons. The molecule has 1 heterocycles. The van der Waals surface area contributed by atoms with Crippen molar-refractivity contribution in [2.45, 2.75) is 13.3 Å². The fourth-order valence-corrected chi connectivity index (χ4v) is 2.22. The number of nitrogens with zero attached hydrogens (tertiary/aromatic N) is 3. The molecule has 94 valence electrons. The molecule has 0 bridgehead atoms. The maximum atomic E-state index is 4.31. The fourth-order valence-electron chi connectivity index (χ4n) is 2.22. The van der Waals surface area contributed by atoms with E-state index in [1.165, 1.54) is 11.1 Å². The first-order valence-electron chi connectivity index (χ1n) is 6.49. The Kier molecular flexibility index (Phi) is 3.19. The number of aryl methyl sites for hydroxylation is 1. The average molecular weight is 249 g/mol. The van der Waals surface area contributed by atoms with Crippen LogP contribution in [0.15, 0.2) is 63.8 Å². The topological polar surface area (TPSA) is 37.1 Å². The number of azo groups is 1. The van der Waals surface area contributed by atoms with Gasteiger partial charge in [-0.1, -0.05) is 55.5 Å². The third kappa shape index (κ3) is 2.32. The molecule has 0 atom stereocenters. The van der Waals surface area contributed by atoms with Crippen LogP contribution in [0.25, 0.3) is 11.1 Å². The van der Waals surface area contributed by atoms with Crippen LogP contribution < -0.4 is 0 Å². The van der Waals surface area contributed by atoms with E-state index in [0.717, 1.165) is 23.4 Å². The number of rotatable bonds is 3. The molecule has 0 aromatic heterocycles. The van der Waals surface area contributed by atoms with Gasteiger partial charge in [-0.3, -0.25) is 0 Å². The van der Waals surface area contributed by atoms with Gasteiger partial charge in [-0.05, 0) is 23.1 Å². The first-order valence-corrected chi connectivity index (χ1v) is 6.49. The van der Waals surface area contributed by atoms with Gasteiger partial charge in [0.25, 0.3) is 0 Å². The minimum Gasteiger partial charge on any atom is -0.239 e. The molecule has 0 saturated heterocycles. The number of benzene rings is 2. The SMILES string of the molecule is CCc1ccc(-c2ccccc2C2=NCN=N2)cc1. The summed E-state index contributed by atoms with van der Waals surface area (Å²) in [5, 5.41) is 8.03. The zero-order valence-electron chi connectivity index (χ0n) is 10.9. The van der Waals surface area contributed by atoms with Gasteiger partial charge in [0, 0.05) is 5.56 Å². The van der Waals surface area contributed by atoms with E-state index in [9.17, 15) is 0 Å². The van der Waals surface area contributed by atoms with Crippen molar-refractivity contribution in [3.8, 4) is 11.1 Å². The molecule has 2 aromatic carbocycles. The van der Waals surface area contributed by atoms with E-state index in [4.69, 9.17) is 0 Å². The monoisotopic (exact) mass is 249 g/mol. The predicted octanol–water partition coefficient (Wildman–Crippen LogP) is 4.09. The van der Waals surface area contributed by atoms with E-state index in [-0.39, 0.29) is 0 Å². The molecular formula is C16H15N3. The molecular weight excluding hydrogens is 234 g/mol. The standard InChI is InChI=1S/C16H15N3/c1-2-12-7-9-13(10-8-12)14-5-3-4-6-15(14)16-17-11-18-19-16/h3-10H,2,11H2,1H3. The molecule has 19 heavy (non-hydrogen) atoms. The zero-order chi connectivity index (χ0) is 13.1. The molecule has 0 N–H and O–H groups in total. The first-order chi connectivity index (χ1) is 9.38. The molecule has 0 saturated carbocycles. The normalized spacial score (nSPS) is 13.6. The second-order valence-electron chi connectivity index (χ2n) is 4.46. The van der Waals surface area contributed by atoms with Gasteiger partial charge < -0.3 is 0 Å². The van der Waals surface area contributed by atoms with Crippen LogP contribution in [0, 0.1) is 0 Å². The molecule has 3 heteroatoms. The van der Waals surface area contributed by atoms with Crippen molar-refractivity contribution in [1.82, 2.24) is 0 Å². The Morgan fingerprint density at radius 1 is 0.947 bits per heavy atom. The predicted molar refractivity (Wildman–Crippen MR) is 77.5 cm³/mol. The summed E-state index contributed by atoms with van der Waals surface area (Å²) in [6, 6.07) is 16.9. The van der Waals surface area contributed by atoms with Crippen LogP contribution in [-0.4, -0.2) is 12.5 Å². The van der Waals surface area contributed by atoms with Crippen LogP contribution >= 0.6 is 0 Å². The Morgan fingerprint density at radius 3 is 2.32 bits per heavy atom. The second kappa shape index (κ2) is 5.14. The van der Waals surface area contributed by atoms with Crippen molar-refractivity contribution in [3.05, 3.63) is 59.7 Å². The highest BCUT2D eigenvalue weighted by Crippen LogP contribution is 2.26. The minimum atomic E-state index is 0.443. The molecule has 0 spiro atoms. The lowest BCUT2D eigenvalue weighted by molar-refractivity contribution is 1.05. The summed E-state index contributed by atoms with van der Waals surface area (Å²) in [4.78, 5) is 4.31. The van der Waals surface area contributed by atoms with Crippen LogP contribution in [0.5, 0.6) is 0 Å². The van der Waals surface area contributed by atoms with Crippen molar-refractivity contribution < 1.29 is 0 Å². The molecule has 1 aliphatic rings. The van der Waals surface area contributed by atoms with Crippen LogP contribution in [0.2, 0.25) is 0 Å². The highest BCUT2D eigenvalue weighted by atomic mass is 15.2. The number of aliphatic imine (C=N–C) groups is 1. The van der Waals surface area contributed by atoms with Crippen molar-refractivity contribution in [3.63, 3.8) is 0 Å². The van der Waals surface area contributed by atoms with Gasteiger partial charge in [-0.25, -0.2) is 4.99 Å². The highest BCUT2D eigenvalue weighted by molar-refractivity contribution is 6.05. The summed E-state index contributed by atoms with van der Waals surface area (Å²) in [6.07, 6.45) is 1.06. The Bertz CT molecular complexity index is 639. The lowest BCUT2D eigenvalue weighted by atomic mass is 9.98. The van der Waals surface area contributed by atoms with Crippen LogP contribution in [-0.2, 0) is 6.42 Å². The highest BCUT2D eigenvalue weighted by Gasteiger charge is 2.12. The summed E-state index contributed by atoms with van der Waals surface area (Å²) in [6.45, 7) is 2.61. The van der Waals surface area contributed by atoms with Crippen LogP contribution in [0.4, 0.5) is 0 Å². The molecule has 1 aliphatic heterocycles. The number of hydrogen-bond donors (Lipinski definition) is 0. The van der Waals surface area contributed by atoms with Gasteiger partial charge in [0.1, 0.15) is 0 Å². The number of amidine groups is 1. The van der Waals surface area contributed by atoms with E-state index < -0.39 is 0 Å². The van der Waals surface area contributed by atoms with E-state index >= 15 is 0 Å². The van der Waals surface area contributed by atoms with E-state index in [1.807, 2.05) is 18.2 Å². The lowest BCUT2D eigenvalue weighted by Crippen LogP contribution is -1.97. The van der Waals surface area contributed by atoms with Gasteiger partial charge in [0.15, 0.2) is 12.5 Å². The second-order valence-corrected chi connectivity index (χ2v) is 4.46. The van der Waals surface area contributed by atoms with Crippen molar-refractivity contribution in [2.75, 3.05) is 6.67 Å². The number of hydrogen-bond acceptors (Lipinski definition) is 3. The van der Waals surface area contributed by atoms with Gasteiger partial charge in [0.2, 0.25) is 0 Å². The molecule has 3 rings (SSSR count). The summed E-state index contributed by atoms with van der Waals surface area (Å²) < 4.78 is 0. The Hall–Kier alpha value is -2.29. The van der Waals surface area contributed by atoms with Crippen molar-refractivity contribution in [2.24, 2.45) is 15.2 Å². The lowest BCUT2D eigenvalue weighted by Gasteiger charge is -2.08. The maximum Gasteiger partial charge on any atom is 0.179 e. The van der Waals surface area contributed by atoms with E-state index in [2.05, 4.69) is 52.5 Å². The molecule has 0 unspecified atom stereocenters. The largest absolute Gasteiger partial charge is 0.239 e. The van der Waals surface area contributed by atoms with Gasteiger partial charge in [0.05, 0.1) is 0 Å². The summed E-state index contributed by atoms with van der Waals surface area (Å²) in [5.41, 5.74) is 4.74. The minimum absolute atomic E-state index is 0.443. The van der Waals surface area contributed by atoms with Gasteiger partial charge >= 0.3 is 0 Å². The first kappa shape index (κ1) is 11.8. The smallest absolute Gasteiger partial charge is 0.179 e. The maximum absolute atomic E-state index is 4.31. The summed E-state index contributed by atoms with van der Waals surface area (Å²) >= 11 is 0. The van der Waals surface area contributed by atoms with Gasteiger partial charge in [-0.15, -0.1) is 5.11 Å². The van der Waals surface area contributed by atoms with Crippen molar-refractivity contribution >= 4 is 5.84 Å². The fraction of sp³-hybridized carbons (Fsp3) is 0.188. The molecule has 3 nitrogen and oxygen atoms in total. The van der Waals surface area contributed by atoms with Crippen LogP contribution in [0.3, 0.4) is 0 Å². The molecule has 0 fully saturated rings. The Morgan fingerprint density at radius 2 is 1.68 bits per heavy atom. The molecule has 0 amide bonds. The Labute approximate surface area is 112 Å². The summed E-state index contributed by atoms with van der Waals surface area (Å²) in [5.74, 6) is 0.732.